The number of allylic oxidation sites excluding steroid dienone is 4. The van der Waals surface area contributed by atoms with Crippen molar-refractivity contribution in [2.75, 3.05) is 6.61 Å². The van der Waals surface area contributed by atoms with E-state index in [4.69, 9.17) is 19.9 Å². The molecule has 1 aliphatic heterocycles. The molecular formula is C37H42FNO7. The number of Topliss-reactive ketones (excluding diaryl/α,β-unsaturated/α-hetero) is 1. The lowest BCUT2D eigenvalue weighted by molar-refractivity contribution is -0.201. The molecule has 244 valence electrons. The average Bonchev–Trinajstić information content (AvgIpc) is 3.53. The molecule has 4 aliphatic carbocycles. The van der Waals surface area contributed by atoms with Crippen LogP contribution in [0.2, 0.25) is 0 Å². The summed E-state index contributed by atoms with van der Waals surface area (Å²) in [5.74, 6) is -1.35. The summed E-state index contributed by atoms with van der Waals surface area (Å²) in [5, 5.41) is 22.2. The quantitative estimate of drug-likeness (QED) is 0.399. The summed E-state index contributed by atoms with van der Waals surface area (Å²) in [7, 11) is 0. The van der Waals surface area contributed by atoms with Crippen LogP contribution in [0.1, 0.15) is 68.1 Å². The number of benzene rings is 2. The van der Waals surface area contributed by atoms with E-state index in [9.17, 15) is 19.8 Å². The van der Waals surface area contributed by atoms with Crippen LogP contribution in [0, 0.1) is 41.3 Å². The standard InChI is InChI=1S/C37H42FNO7/c1-20-8-11-28(44-19-22-7-5-4-6-21(22)17-39)33(38)31(20)34-45-30-15-26-25-10-9-23-14-24(41)12-13-35(23,2)32(25)27(42)16-36(26,3)37(30,46-34)29(43)18-40/h4-8,11-14,25-27,30,32,34,40,42H,9-10,15-19,39H2,1-3H3/t25-,26-,27-,30+,32+,34-,35-,36-,37+/m0/s1. The maximum absolute atomic E-state index is 16.3. The molecule has 9 atom stereocenters. The van der Waals surface area contributed by atoms with Crippen molar-refractivity contribution in [1.82, 2.24) is 0 Å². The van der Waals surface area contributed by atoms with E-state index in [-0.39, 0.29) is 47.9 Å². The van der Waals surface area contributed by atoms with Gasteiger partial charge in [-0.3, -0.25) is 9.59 Å². The Labute approximate surface area is 268 Å². The molecule has 0 unspecified atom stereocenters. The van der Waals surface area contributed by atoms with Crippen LogP contribution >= 0.6 is 0 Å². The summed E-state index contributed by atoms with van der Waals surface area (Å²) in [6.07, 6.45) is 4.67. The number of halogens is 1. The lowest BCUT2D eigenvalue weighted by Gasteiger charge is -2.59. The van der Waals surface area contributed by atoms with E-state index in [2.05, 4.69) is 6.92 Å². The molecular weight excluding hydrogens is 589 g/mol. The van der Waals surface area contributed by atoms with Gasteiger partial charge in [-0.05, 0) is 79.4 Å². The second-order valence-corrected chi connectivity index (χ2v) is 14.2. The molecule has 1 saturated heterocycles. The molecule has 0 amide bonds. The van der Waals surface area contributed by atoms with Gasteiger partial charge in [-0.15, -0.1) is 0 Å². The minimum Gasteiger partial charge on any atom is -0.486 e. The molecule has 1 heterocycles. The van der Waals surface area contributed by atoms with Gasteiger partial charge in [0.1, 0.15) is 13.2 Å². The highest BCUT2D eigenvalue weighted by Crippen LogP contribution is 2.70. The molecule has 3 saturated carbocycles. The molecule has 9 heteroatoms. The number of fused-ring (bicyclic) bond motifs is 7. The van der Waals surface area contributed by atoms with Gasteiger partial charge in [0.15, 0.2) is 35.0 Å². The Hall–Kier alpha value is -3.21. The minimum atomic E-state index is -1.58. The van der Waals surface area contributed by atoms with Gasteiger partial charge in [0, 0.05) is 23.3 Å². The van der Waals surface area contributed by atoms with Crippen LogP contribution in [0.4, 0.5) is 4.39 Å². The predicted molar refractivity (Wildman–Crippen MR) is 167 cm³/mol. The van der Waals surface area contributed by atoms with Crippen molar-refractivity contribution in [2.45, 2.75) is 83.7 Å². The normalized spacial score (nSPS) is 37.6. The maximum atomic E-state index is 16.3. The van der Waals surface area contributed by atoms with Gasteiger partial charge in [0.05, 0.1) is 17.8 Å². The molecule has 0 bridgehead atoms. The minimum absolute atomic E-state index is 0.0255. The molecule has 0 aromatic heterocycles. The lowest BCUT2D eigenvalue weighted by Crippen LogP contribution is -2.63. The number of ketones is 2. The fraction of sp³-hybridized carbons (Fsp3) is 0.514. The molecule has 4 fully saturated rings. The Bertz CT molecular complexity index is 1650. The highest BCUT2D eigenvalue weighted by Gasteiger charge is 2.76. The van der Waals surface area contributed by atoms with Crippen molar-refractivity contribution in [1.29, 1.82) is 0 Å². The van der Waals surface area contributed by atoms with E-state index < -0.39 is 53.1 Å². The number of rotatable bonds is 7. The largest absolute Gasteiger partial charge is 0.486 e. The van der Waals surface area contributed by atoms with Crippen molar-refractivity contribution < 1.29 is 38.4 Å². The first-order chi connectivity index (χ1) is 22.0. The maximum Gasteiger partial charge on any atom is 0.193 e. The number of aliphatic hydroxyl groups is 2. The molecule has 46 heavy (non-hydrogen) atoms. The highest BCUT2D eigenvalue weighted by molar-refractivity contribution is 6.01. The molecule has 0 radical (unpaired) electrons. The van der Waals surface area contributed by atoms with Crippen molar-refractivity contribution in [3.63, 3.8) is 0 Å². The molecule has 0 spiro atoms. The average molecular weight is 632 g/mol. The molecule has 2 aromatic rings. The van der Waals surface area contributed by atoms with Crippen molar-refractivity contribution in [3.8, 4) is 5.75 Å². The Kier molecular flexibility index (Phi) is 7.64. The van der Waals surface area contributed by atoms with E-state index in [1.807, 2.05) is 37.3 Å². The number of carbonyl (C=O) groups excluding carboxylic acids is 2. The third kappa shape index (κ3) is 4.35. The van der Waals surface area contributed by atoms with Gasteiger partial charge in [0.2, 0.25) is 0 Å². The Morgan fingerprint density at radius 3 is 2.67 bits per heavy atom. The topological polar surface area (TPSA) is 128 Å². The molecule has 2 aromatic carbocycles. The summed E-state index contributed by atoms with van der Waals surface area (Å²) in [6, 6.07) is 10.9. The molecule has 8 nitrogen and oxygen atoms in total. The first-order valence-corrected chi connectivity index (χ1v) is 16.3. The third-order valence-corrected chi connectivity index (χ3v) is 12.1. The smallest absolute Gasteiger partial charge is 0.193 e. The summed E-state index contributed by atoms with van der Waals surface area (Å²) in [4.78, 5) is 26.1. The summed E-state index contributed by atoms with van der Waals surface area (Å²) >= 11 is 0. The fourth-order valence-corrected chi connectivity index (χ4v) is 9.94. The number of ether oxygens (including phenoxy) is 3. The van der Waals surface area contributed by atoms with Gasteiger partial charge < -0.3 is 30.2 Å². The van der Waals surface area contributed by atoms with Crippen molar-refractivity contribution in [3.05, 3.63) is 88.3 Å². The van der Waals surface area contributed by atoms with E-state index in [0.717, 1.165) is 29.5 Å². The zero-order chi connectivity index (χ0) is 32.6. The number of nitrogens with two attached hydrogens (primary N) is 1. The van der Waals surface area contributed by atoms with Gasteiger partial charge in [-0.25, -0.2) is 4.39 Å². The van der Waals surface area contributed by atoms with Gasteiger partial charge >= 0.3 is 0 Å². The zero-order valence-electron chi connectivity index (χ0n) is 26.5. The zero-order valence-corrected chi connectivity index (χ0v) is 26.5. The Morgan fingerprint density at radius 1 is 1.17 bits per heavy atom. The van der Waals surface area contributed by atoms with Crippen molar-refractivity contribution >= 4 is 11.6 Å². The molecule has 4 N–H and O–H groups in total. The second kappa shape index (κ2) is 11.2. The summed E-state index contributed by atoms with van der Waals surface area (Å²) in [6.45, 7) is 5.49. The van der Waals surface area contributed by atoms with Gasteiger partial charge in [-0.2, -0.15) is 0 Å². The Morgan fingerprint density at radius 2 is 1.93 bits per heavy atom. The predicted octanol–water partition coefficient (Wildman–Crippen LogP) is 4.77. The summed E-state index contributed by atoms with van der Waals surface area (Å²) in [5.41, 5.74) is 6.45. The molecule has 5 aliphatic rings. The number of aliphatic hydroxyl groups excluding tert-OH is 2. The number of aryl methyl sites for hydroxylation is 1. The number of hydrogen-bond acceptors (Lipinski definition) is 8. The second-order valence-electron chi connectivity index (χ2n) is 14.2. The monoisotopic (exact) mass is 631 g/mol. The SMILES string of the molecule is Cc1ccc(OCc2ccccc2CN)c(F)c1[C@H]1O[C@@H]2C[C@H]3[C@@H]4CCC5=CC(=O)C=C[C@]5(C)[C@H]4[C@@H](O)C[C@]3(C)[C@]2(C(=O)CO)O1. The fourth-order valence-electron chi connectivity index (χ4n) is 9.94. The van der Waals surface area contributed by atoms with E-state index in [1.54, 1.807) is 31.2 Å². The van der Waals surface area contributed by atoms with Crippen LogP contribution in [-0.4, -0.2) is 46.2 Å². The third-order valence-electron chi connectivity index (χ3n) is 12.1. The molecule has 7 rings (SSSR count). The van der Waals surface area contributed by atoms with Crippen molar-refractivity contribution in [2.24, 2.45) is 34.3 Å². The van der Waals surface area contributed by atoms with Crippen LogP contribution in [0.5, 0.6) is 5.75 Å². The van der Waals surface area contributed by atoms with E-state index >= 15 is 4.39 Å². The highest BCUT2D eigenvalue weighted by atomic mass is 19.1. The van der Waals surface area contributed by atoms with Crippen LogP contribution in [0.25, 0.3) is 0 Å². The van der Waals surface area contributed by atoms with Crippen LogP contribution < -0.4 is 10.5 Å². The number of hydrogen-bond donors (Lipinski definition) is 3. The van der Waals surface area contributed by atoms with E-state index in [1.165, 1.54) is 0 Å². The first-order valence-electron chi connectivity index (χ1n) is 16.3. The van der Waals surface area contributed by atoms with Gasteiger partial charge in [0.25, 0.3) is 0 Å². The van der Waals surface area contributed by atoms with E-state index in [0.29, 0.717) is 18.5 Å². The first kappa shape index (κ1) is 31.4. The lowest BCUT2D eigenvalue weighted by atomic mass is 9.46. The van der Waals surface area contributed by atoms with Crippen LogP contribution in [0.3, 0.4) is 0 Å². The van der Waals surface area contributed by atoms with Crippen LogP contribution in [0.15, 0.2) is 60.2 Å². The Balaban J connectivity index is 1.21. The number of carbonyl (C=O) groups is 2. The van der Waals surface area contributed by atoms with Crippen LogP contribution in [-0.2, 0) is 32.2 Å². The summed E-state index contributed by atoms with van der Waals surface area (Å²) < 4.78 is 35.4. The van der Waals surface area contributed by atoms with Gasteiger partial charge in [-0.1, -0.05) is 55.8 Å².